The molecule has 3 heteroatoms. The van der Waals surface area contributed by atoms with Crippen molar-refractivity contribution in [3.05, 3.63) is 48.0 Å². The summed E-state index contributed by atoms with van der Waals surface area (Å²) in [7, 11) is 0. The lowest BCUT2D eigenvalue weighted by atomic mass is 10.1. The summed E-state index contributed by atoms with van der Waals surface area (Å²) in [4.78, 5) is 11.4. The first kappa shape index (κ1) is 10.0. The number of carbonyl (C=O) groups excluding carboxylic acids is 1. The summed E-state index contributed by atoms with van der Waals surface area (Å²) in [6.45, 7) is 3.94. The molecule has 0 unspecified atom stereocenters. The first-order valence-corrected chi connectivity index (χ1v) is 4.17. The third kappa shape index (κ3) is 2.46. The maximum atomic E-state index is 11.4. The molecule has 1 aromatic carbocycles. The fourth-order valence-corrected chi connectivity index (χ4v) is 0.963. The summed E-state index contributed by atoms with van der Waals surface area (Å²) in [5, 5.41) is 11.2. The Labute approximate surface area is 82.7 Å². The molecule has 0 aromatic heterocycles. The molecule has 1 rings (SSSR count). The minimum Gasteiger partial charge on any atom is -0.349 e. The molecule has 0 saturated carbocycles. The van der Waals surface area contributed by atoms with Gasteiger partial charge in [0.15, 0.2) is 0 Å². The second kappa shape index (κ2) is 4.83. The van der Waals surface area contributed by atoms with Gasteiger partial charge in [0.25, 0.3) is 5.91 Å². The van der Waals surface area contributed by atoms with Gasteiger partial charge in [-0.2, -0.15) is 5.26 Å². The topological polar surface area (TPSA) is 52.9 Å². The molecule has 1 amide bonds. The number of hydrogen-bond acceptors (Lipinski definition) is 2. The monoisotopic (exact) mass is 186 g/mol. The first-order valence-electron chi connectivity index (χ1n) is 4.17. The molecular weight excluding hydrogens is 176 g/mol. The van der Waals surface area contributed by atoms with Gasteiger partial charge in [0.1, 0.15) is 0 Å². The minimum atomic E-state index is -0.158. The van der Waals surface area contributed by atoms with Gasteiger partial charge in [-0.1, -0.05) is 6.08 Å². The van der Waals surface area contributed by atoms with Crippen LogP contribution in [0.4, 0.5) is 0 Å². The zero-order valence-electron chi connectivity index (χ0n) is 7.66. The minimum absolute atomic E-state index is 0.158. The van der Waals surface area contributed by atoms with E-state index in [4.69, 9.17) is 5.26 Å². The van der Waals surface area contributed by atoms with Crippen LogP contribution in [0.3, 0.4) is 0 Å². The maximum absolute atomic E-state index is 11.4. The molecule has 0 radical (unpaired) electrons. The average Bonchev–Trinajstić information content (AvgIpc) is 2.26. The van der Waals surface area contributed by atoms with Crippen LogP contribution in [0.2, 0.25) is 0 Å². The van der Waals surface area contributed by atoms with E-state index in [1.165, 1.54) is 0 Å². The van der Waals surface area contributed by atoms with Gasteiger partial charge in [0, 0.05) is 12.1 Å². The van der Waals surface area contributed by atoms with Gasteiger partial charge in [-0.3, -0.25) is 4.79 Å². The smallest absolute Gasteiger partial charge is 0.251 e. The highest BCUT2D eigenvalue weighted by Gasteiger charge is 2.02. The van der Waals surface area contributed by atoms with Crippen molar-refractivity contribution >= 4 is 5.91 Å². The van der Waals surface area contributed by atoms with Gasteiger partial charge in [-0.05, 0) is 24.3 Å². The van der Waals surface area contributed by atoms with Crippen molar-refractivity contribution in [2.45, 2.75) is 0 Å². The number of rotatable bonds is 3. The third-order valence-corrected chi connectivity index (χ3v) is 1.68. The van der Waals surface area contributed by atoms with Crippen molar-refractivity contribution < 1.29 is 4.79 Å². The lowest BCUT2D eigenvalue weighted by molar-refractivity contribution is 0.0958. The lowest BCUT2D eigenvalue weighted by Crippen LogP contribution is -2.22. The third-order valence-electron chi connectivity index (χ3n) is 1.68. The SMILES string of the molecule is C=CCNC(=O)c1ccc(C#N)cc1. The Morgan fingerprint density at radius 3 is 2.64 bits per heavy atom. The van der Waals surface area contributed by atoms with Crippen molar-refractivity contribution in [1.82, 2.24) is 5.32 Å². The number of hydrogen-bond donors (Lipinski definition) is 1. The largest absolute Gasteiger partial charge is 0.349 e. The van der Waals surface area contributed by atoms with Crippen molar-refractivity contribution in [1.29, 1.82) is 5.26 Å². The van der Waals surface area contributed by atoms with E-state index in [2.05, 4.69) is 11.9 Å². The first-order chi connectivity index (χ1) is 6.77. The second-order valence-corrected chi connectivity index (χ2v) is 2.69. The zero-order chi connectivity index (χ0) is 10.4. The molecule has 0 aliphatic carbocycles. The molecule has 70 valence electrons. The highest BCUT2D eigenvalue weighted by atomic mass is 16.1. The quantitative estimate of drug-likeness (QED) is 0.727. The maximum Gasteiger partial charge on any atom is 0.251 e. The van der Waals surface area contributed by atoms with Gasteiger partial charge < -0.3 is 5.32 Å². The Bertz CT molecular complexity index is 373. The van der Waals surface area contributed by atoms with Crippen LogP contribution in [0.5, 0.6) is 0 Å². The predicted molar refractivity (Wildman–Crippen MR) is 53.7 cm³/mol. The number of nitrogens with one attached hydrogen (secondary N) is 1. The van der Waals surface area contributed by atoms with E-state index in [1.54, 1.807) is 30.3 Å². The number of nitriles is 1. The van der Waals surface area contributed by atoms with E-state index in [0.29, 0.717) is 17.7 Å². The molecule has 0 atom stereocenters. The van der Waals surface area contributed by atoms with E-state index >= 15 is 0 Å². The van der Waals surface area contributed by atoms with E-state index in [0.717, 1.165) is 0 Å². The number of carbonyl (C=O) groups is 1. The molecule has 0 aliphatic heterocycles. The van der Waals surface area contributed by atoms with Gasteiger partial charge in [0.05, 0.1) is 11.6 Å². The van der Waals surface area contributed by atoms with E-state index < -0.39 is 0 Å². The Hall–Kier alpha value is -2.08. The summed E-state index contributed by atoms with van der Waals surface area (Å²) in [6.07, 6.45) is 1.61. The lowest BCUT2D eigenvalue weighted by Gasteiger charge is -2.01. The zero-order valence-corrected chi connectivity index (χ0v) is 7.66. The molecule has 0 fully saturated rings. The Balaban J connectivity index is 2.72. The normalized spacial score (nSPS) is 8.79. The van der Waals surface area contributed by atoms with E-state index in [1.807, 2.05) is 6.07 Å². The molecule has 3 nitrogen and oxygen atoms in total. The Morgan fingerprint density at radius 2 is 2.14 bits per heavy atom. The van der Waals surface area contributed by atoms with Crippen LogP contribution in [0.1, 0.15) is 15.9 Å². The van der Waals surface area contributed by atoms with Crippen molar-refractivity contribution in [2.24, 2.45) is 0 Å². The van der Waals surface area contributed by atoms with Crippen LogP contribution in [-0.2, 0) is 0 Å². The summed E-state index contributed by atoms with van der Waals surface area (Å²) >= 11 is 0. The van der Waals surface area contributed by atoms with Crippen LogP contribution in [0, 0.1) is 11.3 Å². The highest BCUT2D eigenvalue weighted by molar-refractivity contribution is 5.94. The van der Waals surface area contributed by atoms with Crippen LogP contribution in [-0.4, -0.2) is 12.5 Å². The summed E-state index contributed by atoms with van der Waals surface area (Å²) in [6, 6.07) is 8.46. The molecular formula is C11H10N2O. The molecule has 0 spiro atoms. The molecule has 0 heterocycles. The fourth-order valence-electron chi connectivity index (χ4n) is 0.963. The highest BCUT2D eigenvalue weighted by Crippen LogP contribution is 2.02. The van der Waals surface area contributed by atoms with Crippen molar-refractivity contribution in [2.75, 3.05) is 6.54 Å². The van der Waals surface area contributed by atoms with E-state index in [-0.39, 0.29) is 5.91 Å². The summed E-state index contributed by atoms with van der Waals surface area (Å²) < 4.78 is 0. The van der Waals surface area contributed by atoms with Crippen LogP contribution < -0.4 is 5.32 Å². The molecule has 0 saturated heterocycles. The van der Waals surface area contributed by atoms with Gasteiger partial charge in [-0.25, -0.2) is 0 Å². The van der Waals surface area contributed by atoms with Crippen LogP contribution in [0.15, 0.2) is 36.9 Å². The molecule has 0 aliphatic rings. The molecule has 0 bridgehead atoms. The van der Waals surface area contributed by atoms with Crippen LogP contribution in [0.25, 0.3) is 0 Å². The standard InChI is InChI=1S/C11H10N2O/c1-2-7-13-11(14)10-5-3-9(8-12)4-6-10/h2-6H,1,7H2,(H,13,14). The molecule has 14 heavy (non-hydrogen) atoms. The molecule has 1 N–H and O–H groups in total. The summed E-state index contributed by atoms with van der Waals surface area (Å²) in [5.41, 5.74) is 1.09. The fraction of sp³-hybridized carbons (Fsp3) is 0.0909. The predicted octanol–water partition coefficient (Wildman–Crippen LogP) is 1.47. The number of benzene rings is 1. The van der Waals surface area contributed by atoms with E-state index in [9.17, 15) is 4.79 Å². The van der Waals surface area contributed by atoms with Crippen molar-refractivity contribution in [3.63, 3.8) is 0 Å². The Morgan fingerprint density at radius 1 is 1.50 bits per heavy atom. The van der Waals surface area contributed by atoms with Crippen molar-refractivity contribution in [3.8, 4) is 6.07 Å². The van der Waals surface area contributed by atoms with Gasteiger partial charge in [0.2, 0.25) is 0 Å². The molecule has 1 aromatic rings. The second-order valence-electron chi connectivity index (χ2n) is 2.69. The van der Waals surface area contributed by atoms with Crippen LogP contribution >= 0.6 is 0 Å². The Kier molecular flexibility index (Phi) is 3.45. The summed E-state index contributed by atoms with van der Waals surface area (Å²) in [5.74, 6) is -0.158. The average molecular weight is 186 g/mol. The number of amides is 1. The van der Waals surface area contributed by atoms with Gasteiger partial charge in [-0.15, -0.1) is 6.58 Å². The number of nitrogens with zero attached hydrogens (tertiary/aromatic N) is 1. The van der Waals surface area contributed by atoms with Gasteiger partial charge >= 0.3 is 0 Å².